The Bertz CT molecular complexity index is 1170. The summed E-state index contributed by atoms with van der Waals surface area (Å²) < 4.78 is 53.3. The first kappa shape index (κ1) is 29.4. The fourth-order valence-corrected chi connectivity index (χ4v) is 4.96. The Labute approximate surface area is 222 Å². The lowest BCUT2D eigenvalue weighted by molar-refractivity contribution is -0.139. The number of likely N-dealkylation sites (tertiary alicyclic amines) is 1. The van der Waals surface area contributed by atoms with Crippen LogP contribution < -0.4 is 5.32 Å². The molecule has 1 aromatic heterocycles. The van der Waals surface area contributed by atoms with Crippen LogP contribution in [0.4, 0.5) is 13.2 Å². The van der Waals surface area contributed by atoms with Crippen LogP contribution in [-0.2, 0) is 24.6 Å². The van der Waals surface area contributed by atoms with E-state index in [9.17, 15) is 22.8 Å². The summed E-state index contributed by atoms with van der Waals surface area (Å²) in [6.07, 6.45) is 0.557. The molecule has 206 valence electrons. The number of carbonyl (C=O) groups is 2. The molecule has 4 rings (SSSR count). The molecule has 3 heterocycles. The lowest BCUT2D eigenvalue weighted by Gasteiger charge is -2.36. The van der Waals surface area contributed by atoms with E-state index in [-0.39, 0.29) is 25.3 Å². The van der Waals surface area contributed by atoms with Crippen molar-refractivity contribution < 1.29 is 37.3 Å². The Hall–Kier alpha value is -3.13. The van der Waals surface area contributed by atoms with Crippen molar-refractivity contribution in [3.05, 3.63) is 63.5 Å². The van der Waals surface area contributed by atoms with Gasteiger partial charge in [-0.25, -0.2) is 27.9 Å². The number of carbonyl (C=O) groups excluding carboxylic acids is 2. The molecule has 0 spiro atoms. The van der Waals surface area contributed by atoms with E-state index in [0.29, 0.717) is 28.4 Å². The molecule has 38 heavy (non-hydrogen) atoms. The minimum Gasteiger partial charge on any atom is -0.463 e. The van der Waals surface area contributed by atoms with Crippen LogP contribution in [0.25, 0.3) is 0 Å². The summed E-state index contributed by atoms with van der Waals surface area (Å²) >= 11 is 1.31. The van der Waals surface area contributed by atoms with Crippen LogP contribution in [0.5, 0.6) is 0 Å². The van der Waals surface area contributed by atoms with Crippen molar-refractivity contribution in [2.45, 2.75) is 31.4 Å². The summed E-state index contributed by atoms with van der Waals surface area (Å²) in [6.45, 7) is 2.13. The normalized spacial score (nSPS) is 22.7. The monoisotopic (exact) mass is 554 g/mol. The van der Waals surface area contributed by atoms with Crippen LogP contribution >= 0.6 is 11.3 Å². The standard InChI is InChI=1S/C24H25F3N4O4S.CH4O/c1-3-34-22(33)19-17(12-31-13-18(35-10-9-32)24(26,27)14-31)29-20(21-28-8-11-36-21)30-23(19,2)15-4-6-16(25)7-5-15;1-2/h4-9,11,18H,3,10,12-14H2,1-2H3,(H,29,30);2H,1H3/t18?,23-;/m1./s1. The highest BCUT2D eigenvalue weighted by Crippen LogP contribution is 2.40. The van der Waals surface area contributed by atoms with E-state index >= 15 is 0 Å². The number of rotatable bonds is 9. The number of thiazole rings is 1. The van der Waals surface area contributed by atoms with Crippen LogP contribution in [0.3, 0.4) is 0 Å². The molecule has 1 fully saturated rings. The zero-order chi connectivity index (χ0) is 27.9. The molecule has 0 radical (unpaired) electrons. The van der Waals surface area contributed by atoms with Crippen molar-refractivity contribution in [1.29, 1.82) is 0 Å². The number of hydrogen-bond acceptors (Lipinski definition) is 10. The molecule has 2 atom stereocenters. The maximum atomic E-state index is 14.6. The van der Waals surface area contributed by atoms with Crippen molar-refractivity contribution in [2.24, 2.45) is 4.99 Å². The van der Waals surface area contributed by atoms with E-state index in [1.54, 1.807) is 25.4 Å². The summed E-state index contributed by atoms with van der Waals surface area (Å²) in [5.41, 5.74) is -0.375. The van der Waals surface area contributed by atoms with Crippen LogP contribution in [-0.4, -0.2) is 85.1 Å². The van der Waals surface area contributed by atoms with Gasteiger partial charge in [0.15, 0.2) is 10.8 Å². The molecule has 9 nitrogen and oxygen atoms in total. The molecule has 2 N–H and O–H groups in total. The fourth-order valence-electron chi connectivity index (χ4n) is 4.38. The smallest absolute Gasteiger partial charge is 0.338 e. The molecule has 0 aliphatic carbocycles. The largest absolute Gasteiger partial charge is 0.463 e. The zero-order valence-electron chi connectivity index (χ0n) is 21.1. The molecule has 1 aromatic carbocycles. The maximum absolute atomic E-state index is 14.6. The number of halogens is 3. The van der Waals surface area contributed by atoms with Gasteiger partial charge < -0.3 is 24.7 Å². The van der Waals surface area contributed by atoms with Crippen molar-refractivity contribution in [2.75, 3.05) is 40.0 Å². The van der Waals surface area contributed by atoms with E-state index in [0.717, 1.165) is 7.11 Å². The second-order valence-corrected chi connectivity index (χ2v) is 9.39. The van der Waals surface area contributed by atoms with Crippen molar-refractivity contribution in [3.63, 3.8) is 0 Å². The molecule has 2 aromatic rings. The minimum atomic E-state index is -3.19. The van der Waals surface area contributed by atoms with Gasteiger partial charge in [0.05, 0.1) is 18.7 Å². The van der Waals surface area contributed by atoms with E-state index < -0.39 is 42.5 Å². The molecule has 0 saturated carbocycles. The number of hydrogen-bond donors (Lipinski definition) is 2. The summed E-state index contributed by atoms with van der Waals surface area (Å²) in [7, 11) is 1.00. The second kappa shape index (κ2) is 12.6. The molecule has 2 aliphatic rings. The lowest BCUT2D eigenvalue weighted by Crippen LogP contribution is -2.45. The molecule has 0 amide bonds. The number of alkyl halides is 2. The molecule has 13 heteroatoms. The number of benzene rings is 1. The third-order valence-electron chi connectivity index (χ3n) is 5.99. The van der Waals surface area contributed by atoms with Gasteiger partial charge in [0.25, 0.3) is 5.92 Å². The van der Waals surface area contributed by atoms with E-state index in [1.807, 2.05) is 0 Å². The second-order valence-electron chi connectivity index (χ2n) is 8.50. The quantitative estimate of drug-likeness (QED) is 0.359. The zero-order valence-corrected chi connectivity index (χ0v) is 21.9. The number of esters is 1. The number of aromatic nitrogens is 1. The number of aldehydes is 1. The van der Waals surface area contributed by atoms with Crippen LogP contribution in [0.15, 0.2) is 52.1 Å². The Balaban J connectivity index is 0.00000195. The minimum absolute atomic E-state index is 0.0775. The topological polar surface area (TPSA) is 113 Å². The number of aliphatic hydroxyl groups excluding tert-OH is 1. The third-order valence-corrected chi connectivity index (χ3v) is 6.77. The predicted octanol–water partition coefficient (Wildman–Crippen LogP) is 2.51. The van der Waals surface area contributed by atoms with Gasteiger partial charge in [-0.05, 0) is 31.5 Å². The first-order chi connectivity index (χ1) is 18.2. The molecule has 2 aliphatic heterocycles. The van der Waals surface area contributed by atoms with Crippen molar-refractivity contribution >= 4 is 29.4 Å². The number of nitrogens with zero attached hydrogens (tertiary/aromatic N) is 3. The van der Waals surface area contributed by atoms with Crippen molar-refractivity contribution in [1.82, 2.24) is 15.2 Å². The molecule has 0 bridgehead atoms. The van der Waals surface area contributed by atoms with Gasteiger partial charge >= 0.3 is 5.97 Å². The molecule has 1 saturated heterocycles. The molecular weight excluding hydrogens is 525 g/mol. The highest BCUT2D eigenvalue weighted by Gasteiger charge is 2.50. The number of ether oxygens (including phenoxy) is 2. The first-order valence-electron chi connectivity index (χ1n) is 11.7. The first-order valence-corrected chi connectivity index (χ1v) is 12.6. The molecule has 1 unspecified atom stereocenters. The Morgan fingerprint density at radius 1 is 1.32 bits per heavy atom. The van der Waals surface area contributed by atoms with Crippen LogP contribution in [0.1, 0.15) is 24.4 Å². The summed E-state index contributed by atoms with van der Waals surface area (Å²) in [6, 6.07) is 5.57. The summed E-state index contributed by atoms with van der Waals surface area (Å²) in [4.78, 5) is 34.4. The summed E-state index contributed by atoms with van der Waals surface area (Å²) in [5, 5.41) is 12.4. The third kappa shape index (κ3) is 6.29. The fraction of sp³-hybridized carbons (Fsp3) is 0.440. The van der Waals surface area contributed by atoms with E-state index in [2.05, 4.69) is 10.3 Å². The van der Waals surface area contributed by atoms with Crippen LogP contribution in [0, 0.1) is 5.82 Å². The van der Waals surface area contributed by atoms with E-state index in [4.69, 9.17) is 19.6 Å². The number of aliphatic hydroxyl groups is 1. The van der Waals surface area contributed by atoms with Gasteiger partial charge in [0, 0.05) is 37.5 Å². The Morgan fingerprint density at radius 3 is 2.63 bits per heavy atom. The average Bonchev–Trinajstić information content (AvgIpc) is 3.52. The van der Waals surface area contributed by atoms with Gasteiger partial charge in [-0.15, -0.1) is 11.3 Å². The Kier molecular flexibility index (Phi) is 9.77. The van der Waals surface area contributed by atoms with Crippen molar-refractivity contribution in [3.8, 4) is 0 Å². The van der Waals surface area contributed by atoms with Gasteiger partial charge in [-0.3, -0.25) is 4.90 Å². The summed E-state index contributed by atoms with van der Waals surface area (Å²) in [5.74, 6) is -3.97. The number of aliphatic imine (C=N–C) groups is 1. The van der Waals surface area contributed by atoms with Gasteiger partial charge in [-0.1, -0.05) is 12.1 Å². The van der Waals surface area contributed by atoms with Crippen LogP contribution in [0.2, 0.25) is 0 Å². The number of nitrogens with one attached hydrogen (secondary N) is 1. The Morgan fingerprint density at radius 2 is 2.03 bits per heavy atom. The highest BCUT2D eigenvalue weighted by molar-refractivity contribution is 7.11. The van der Waals surface area contributed by atoms with Gasteiger partial charge in [0.1, 0.15) is 30.4 Å². The van der Waals surface area contributed by atoms with Gasteiger partial charge in [-0.2, -0.15) is 0 Å². The van der Waals surface area contributed by atoms with Gasteiger partial charge in [0.2, 0.25) is 0 Å². The lowest BCUT2D eigenvalue weighted by atomic mass is 9.82. The SMILES string of the molecule is CCOC(=O)C1=C(CN2CC(OCC=O)C(F)(F)C2)NC(c2nccs2)=N[C@]1(C)c1ccc(F)cc1.CO. The van der Waals surface area contributed by atoms with E-state index in [1.165, 1.54) is 40.5 Å². The predicted molar refractivity (Wildman–Crippen MR) is 135 cm³/mol. The molecular formula is C25H29F3N4O5S. The highest BCUT2D eigenvalue weighted by atomic mass is 32.1. The number of amidine groups is 1. The average molecular weight is 555 g/mol. The maximum Gasteiger partial charge on any atom is 0.338 e.